The lowest BCUT2D eigenvalue weighted by Gasteiger charge is -2.34. The van der Waals surface area contributed by atoms with Gasteiger partial charge in [-0.05, 0) is 17.5 Å². The second-order valence-electron chi connectivity index (χ2n) is 5.73. The number of carbonyl (C=O) groups excluding carboxylic acids is 1. The first kappa shape index (κ1) is 21.9. The van der Waals surface area contributed by atoms with Crippen molar-refractivity contribution in [1.82, 2.24) is 0 Å². The van der Waals surface area contributed by atoms with E-state index in [1.165, 1.54) is 0 Å². The van der Waals surface area contributed by atoms with Crippen LogP contribution in [0.25, 0.3) is 10.8 Å². The molecule has 0 bridgehead atoms. The fourth-order valence-electron chi connectivity index (χ4n) is 2.55. The number of rotatable bonds is 3. The number of alkyl halides is 6. The minimum absolute atomic E-state index is 0.214. The molecule has 28 heavy (non-hydrogen) atoms. The quantitative estimate of drug-likeness (QED) is 0.511. The number of nitrogens with one attached hydrogen (secondary N) is 1. The van der Waals surface area contributed by atoms with Gasteiger partial charge < -0.3 is 10.4 Å². The van der Waals surface area contributed by atoms with Gasteiger partial charge in [0, 0.05) is 17.9 Å². The Balaban J connectivity index is 2.95. The lowest BCUT2D eigenvalue weighted by molar-refractivity contribution is -0.375. The molecule has 0 aromatic heterocycles. The van der Waals surface area contributed by atoms with E-state index in [9.17, 15) is 44.7 Å². The number of halogens is 6. The standard InChI is InChI=1S/C15H11F6NO5S/c1-7(23)22-12-10-4-3-9(28(25,26)27)6-8(10)2-5-11(12)13(24,14(16,17)18)15(19,20)21/h2-6,24H,1H3,(H,22,23)(H,25,26,27). The van der Waals surface area contributed by atoms with E-state index in [4.69, 9.17) is 4.55 Å². The molecule has 2 aromatic carbocycles. The summed E-state index contributed by atoms with van der Waals surface area (Å²) in [6.45, 7) is 0.815. The molecule has 6 nitrogen and oxygen atoms in total. The summed E-state index contributed by atoms with van der Waals surface area (Å²) in [5.74, 6) is -1.04. The zero-order valence-electron chi connectivity index (χ0n) is 13.7. The molecule has 0 aliphatic carbocycles. The van der Waals surface area contributed by atoms with Gasteiger partial charge in [-0.2, -0.15) is 34.8 Å². The molecule has 0 heterocycles. The molecule has 0 aliphatic heterocycles. The van der Waals surface area contributed by atoms with Crippen LogP contribution in [0.4, 0.5) is 32.0 Å². The summed E-state index contributed by atoms with van der Waals surface area (Å²) < 4.78 is 111. The number of fused-ring (bicyclic) bond motifs is 1. The molecule has 2 aromatic rings. The minimum atomic E-state index is -6.19. The van der Waals surface area contributed by atoms with Crippen molar-refractivity contribution in [2.24, 2.45) is 0 Å². The molecular weight excluding hydrogens is 420 g/mol. The SMILES string of the molecule is CC(=O)Nc1c(C(O)(C(F)(F)F)C(F)(F)F)ccc2cc(S(=O)(=O)O)ccc12. The van der Waals surface area contributed by atoms with Gasteiger partial charge in [-0.15, -0.1) is 0 Å². The van der Waals surface area contributed by atoms with Crippen molar-refractivity contribution in [1.29, 1.82) is 0 Å². The second-order valence-corrected chi connectivity index (χ2v) is 7.15. The molecule has 0 saturated heterocycles. The van der Waals surface area contributed by atoms with Crippen LogP contribution in [0.3, 0.4) is 0 Å². The van der Waals surface area contributed by atoms with Gasteiger partial charge in [0.05, 0.1) is 10.6 Å². The Morgan fingerprint density at radius 3 is 1.96 bits per heavy atom. The van der Waals surface area contributed by atoms with E-state index >= 15 is 0 Å². The first-order valence-electron chi connectivity index (χ1n) is 7.18. The lowest BCUT2D eigenvalue weighted by Crippen LogP contribution is -2.54. The Labute approximate surface area is 153 Å². The largest absolute Gasteiger partial charge is 0.430 e. The van der Waals surface area contributed by atoms with Gasteiger partial charge in [0.1, 0.15) is 0 Å². The molecule has 3 N–H and O–H groups in total. The van der Waals surface area contributed by atoms with Gasteiger partial charge in [-0.3, -0.25) is 9.35 Å². The maximum Gasteiger partial charge on any atom is 0.430 e. The smallest absolute Gasteiger partial charge is 0.369 e. The van der Waals surface area contributed by atoms with Crippen LogP contribution < -0.4 is 5.32 Å². The Morgan fingerprint density at radius 2 is 1.54 bits per heavy atom. The van der Waals surface area contributed by atoms with Crippen molar-refractivity contribution >= 4 is 32.5 Å². The molecule has 0 spiro atoms. The highest BCUT2D eigenvalue weighted by atomic mass is 32.2. The number of hydrogen-bond donors (Lipinski definition) is 3. The Hall–Kier alpha value is -2.38. The van der Waals surface area contributed by atoms with Crippen LogP contribution in [0.15, 0.2) is 35.2 Å². The van der Waals surface area contributed by atoms with E-state index in [1.807, 2.05) is 5.32 Å². The highest BCUT2D eigenvalue weighted by Gasteiger charge is 2.72. The normalized spacial score (nSPS) is 13.6. The number of benzene rings is 2. The highest BCUT2D eigenvalue weighted by molar-refractivity contribution is 7.85. The van der Waals surface area contributed by atoms with Crippen molar-refractivity contribution in [2.45, 2.75) is 29.8 Å². The summed E-state index contributed by atoms with van der Waals surface area (Å²) in [5.41, 5.74) is -8.02. The van der Waals surface area contributed by atoms with Crippen molar-refractivity contribution < 1.29 is 49.2 Å². The third-order valence-corrected chi connectivity index (χ3v) is 4.65. The zero-order chi connectivity index (χ0) is 21.7. The van der Waals surface area contributed by atoms with Gasteiger partial charge >= 0.3 is 12.4 Å². The van der Waals surface area contributed by atoms with Crippen LogP contribution in [0.2, 0.25) is 0 Å². The minimum Gasteiger partial charge on any atom is -0.369 e. The summed E-state index contributed by atoms with van der Waals surface area (Å²) in [5, 5.41) is 10.8. The molecule has 13 heteroatoms. The van der Waals surface area contributed by atoms with E-state index < -0.39 is 55.5 Å². The topological polar surface area (TPSA) is 104 Å². The van der Waals surface area contributed by atoms with Crippen LogP contribution in [0.5, 0.6) is 0 Å². The predicted molar refractivity (Wildman–Crippen MR) is 84.1 cm³/mol. The van der Waals surface area contributed by atoms with Gasteiger partial charge in [-0.1, -0.05) is 18.2 Å². The first-order chi connectivity index (χ1) is 12.5. The second kappa shape index (κ2) is 6.60. The summed E-state index contributed by atoms with van der Waals surface area (Å²) in [6, 6.07) is 3.24. The van der Waals surface area contributed by atoms with Crippen molar-refractivity contribution in [3.63, 3.8) is 0 Å². The molecule has 154 valence electrons. The highest BCUT2D eigenvalue weighted by Crippen LogP contribution is 2.53. The Morgan fingerprint density at radius 1 is 1.00 bits per heavy atom. The van der Waals surface area contributed by atoms with Crippen LogP contribution in [-0.4, -0.2) is 36.3 Å². The molecule has 0 radical (unpaired) electrons. The fraction of sp³-hybridized carbons (Fsp3) is 0.267. The monoisotopic (exact) mass is 431 g/mol. The Kier molecular flexibility index (Phi) is 5.17. The average molecular weight is 431 g/mol. The average Bonchev–Trinajstić information content (AvgIpc) is 2.50. The third-order valence-electron chi connectivity index (χ3n) is 3.80. The molecular formula is C15H11F6NO5S. The fourth-order valence-corrected chi connectivity index (χ4v) is 3.06. The summed E-state index contributed by atoms with van der Waals surface area (Å²) in [4.78, 5) is 10.7. The third kappa shape index (κ3) is 3.64. The number of carbonyl (C=O) groups is 1. The van der Waals surface area contributed by atoms with Crippen molar-refractivity contribution in [3.8, 4) is 0 Å². The van der Waals surface area contributed by atoms with Crippen LogP contribution in [-0.2, 0) is 20.5 Å². The molecule has 0 saturated carbocycles. The Bertz CT molecular complexity index is 1030. The maximum atomic E-state index is 13.2. The van der Waals surface area contributed by atoms with E-state index in [1.54, 1.807) is 0 Å². The van der Waals surface area contributed by atoms with Crippen LogP contribution in [0.1, 0.15) is 12.5 Å². The number of aliphatic hydroxyl groups is 1. The van der Waals surface area contributed by atoms with Gasteiger partial charge in [0.15, 0.2) is 0 Å². The van der Waals surface area contributed by atoms with Gasteiger partial charge in [0.2, 0.25) is 5.91 Å². The van der Waals surface area contributed by atoms with Crippen LogP contribution in [0, 0.1) is 0 Å². The zero-order valence-corrected chi connectivity index (χ0v) is 14.5. The van der Waals surface area contributed by atoms with Gasteiger partial charge in [0.25, 0.3) is 15.7 Å². The van der Waals surface area contributed by atoms with E-state index in [2.05, 4.69) is 0 Å². The summed E-state index contributed by atoms with van der Waals surface area (Å²) in [7, 11) is -4.71. The number of anilines is 1. The number of amides is 1. The molecule has 0 unspecified atom stereocenters. The molecule has 0 fully saturated rings. The van der Waals surface area contributed by atoms with E-state index in [-0.39, 0.29) is 11.5 Å². The lowest BCUT2D eigenvalue weighted by atomic mass is 9.88. The van der Waals surface area contributed by atoms with E-state index in [0.717, 1.165) is 19.1 Å². The summed E-state index contributed by atoms with van der Waals surface area (Å²) in [6.07, 6.45) is -12.4. The molecule has 0 atom stereocenters. The molecule has 2 rings (SSSR count). The maximum absolute atomic E-state index is 13.2. The van der Waals surface area contributed by atoms with E-state index in [0.29, 0.717) is 12.1 Å². The summed E-state index contributed by atoms with van der Waals surface area (Å²) >= 11 is 0. The van der Waals surface area contributed by atoms with Crippen LogP contribution >= 0.6 is 0 Å². The van der Waals surface area contributed by atoms with Crippen molar-refractivity contribution in [2.75, 3.05) is 5.32 Å². The first-order valence-corrected chi connectivity index (χ1v) is 8.62. The predicted octanol–water partition coefficient (Wildman–Crippen LogP) is 3.36. The van der Waals surface area contributed by atoms with Gasteiger partial charge in [-0.25, -0.2) is 0 Å². The molecule has 0 aliphatic rings. The van der Waals surface area contributed by atoms with Crippen molar-refractivity contribution in [3.05, 3.63) is 35.9 Å². The molecule has 1 amide bonds. The number of hydrogen-bond acceptors (Lipinski definition) is 4.